The number of rotatable bonds is 12. The molecule has 0 aromatic heterocycles. The van der Waals surface area contributed by atoms with Crippen molar-refractivity contribution in [3.8, 4) is 0 Å². The Labute approximate surface area is 337 Å². The van der Waals surface area contributed by atoms with Gasteiger partial charge >= 0.3 is 5.97 Å². The minimum Gasteiger partial charge on any atom is -0.462 e. The van der Waals surface area contributed by atoms with Crippen molar-refractivity contribution in [2.24, 2.45) is 23.7 Å². The number of likely N-dealkylation sites (tertiary alicyclic amines) is 1. The van der Waals surface area contributed by atoms with Crippen LogP contribution in [0.1, 0.15) is 92.1 Å². The fraction of sp³-hybridized carbons (Fsp3) is 0.733. The molecule has 3 N–H and O–H groups in total. The number of hydrogen-bond acceptors (Lipinski definition) is 11. The van der Waals surface area contributed by atoms with Gasteiger partial charge in [0.25, 0.3) is 0 Å². The quantitative estimate of drug-likeness (QED) is 0.241. The van der Waals surface area contributed by atoms with Gasteiger partial charge in [0.05, 0.1) is 36.9 Å². The molecule has 1 aromatic carbocycles. The largest absolute Gasteiger partial charge is 0.462 e. The average molecular weight is 784 g/mol. The lowest BCUT2D eigenvalue weighted by Gasteiger charge is -2.47. The van der Waals surface area contributed by atoms with Crippen molar-refractivity contribution in [1.29, 1.82) is 0 Å². The second-order valence-electron chi connectivity index (χ2n) is 17.0. The molecule has 3 aliphatic rings. The van der Waals surface area contributed by atoms with E-state index in [1.54, 1.807) is 32.0 Å². The van der Waals surface area contributed by atoms with E-state index >= 15 is 0 Å². The van der Waals surface area contributed by atoms with E-state index < -0.39 is 60.8 Å². The van der Waals surface area contributed by atoms with Gasteiger partial charge in [-0.15, -0.1) is 0 Å². The number of likely N-dealkylation sites (N-methyl/N-ethyl adjacent to an activating group) is 1. The van der Waals surface area contributed by atoms with Crippen molar-refractivity contribution in [3.05, 3.63) is 59.7 Å². The number of carbonyl (C=O) groups excluding carboxylic acids is 2. The standard InChI is InChI=1S/C45H73N3O8/c1-9-39-36(29-47(10-2)28-34-17-13-11-14-18-34)25-30(3)19-20-37(49)31(4)26-35(21-24-48-22-15-12-16-23-48)44(32(5)38(50)27-40(51)55-39)56-45-43(53)41(46(7)8)42(52)33(6)54-45/h11,13-14,17-20,25,31-33,35-36,38-39,41-45,50,52-53H,9-10,12,15-16,21-24,26-29H2,1-8H3/b20-19-,30-25+/t31?,32?,33-,35?,36?,38?,39?,41+,42-,43-,44?,45+/m1/s1. The summed E-state index contributed by atoms with van der Waals surface area (Å²) < 4.78 is 19.2. The van der Waals surface area contributed by atoms with E-state index in [-0.39, 0.29) is 30.0 Å². The number of piperidine rings is 1. The van der Waals surface area contributed by atoms with E-state index in [2.05, 4.69) is 34.9 Å². The molecule has 0 saturated carbocycles. The maximum absolute atomic E-state index is 13.9. The lowest BCUT2D eigenvalue weighted by molar-refractivity contribution is -0.304. The van der Waals surface area contributed by atoms with Gasteiger partial charge < -0.3 is 39.3 Å². The first kappa shape index (κ1) is 46.2. The van der Waals surface area contributed by atoms with Crippen LogP contribution in [0.5, 0.6) is 0 Å². The summed E-state index contributed by atoms with van der Waals surface area (Å²) in [4.78, 5) is 34.2. The van der Waals surface area contributed by atoms with Crippen LogP contribution in [0.2, 0.25) is 0 Å². The zero-order valence-corrected chi connectivity index (χ0v) is 35.5. The van der Waals surface area contributed by atoms with E-state index in [4.69, 9.17) is 14.2 Å². The van der Waals surface area contributed by atoms with Crippen molar-refractivity contribution in [1.82, 2.24) is 14.7 Å². The lowest BCUT2D eigenvalue weighted by Crippen LogP contribution is -2.63. The first-order chi connectivity index (χ1) is 26.7. The predicted octanol–water partition coefficient (Wildman–Crippen LogP) is 5.22. The highest BCUT2D eigenvalue weighted by atomic mass is 16.7. The van der Waals surface area contributed by atoms with E-state index in [0.717, 1.165) is 51.1 Å². The lowest BCUT2D eigenvalue weighted by atomic mass is 9.79. The molecule has 11 nitrogen and oxygen atoms in total. The molecule has 2 fully saturated rings. The van der Waals surface area contributed by atoms with Crippen LogP contribution in [0.15, 0.2) is 54.1 Å². The van der Waals surface area contributed by atoms with Crippen LogP contribution in [0.4, 0.5) is 0 Å². The molecule has 316 valence electrons. The number of cyclic esters (lactones) is 1. The number of ether oxygens (including phenoxy) is 3. The summed E-state index contributed by atoms with van der Waals surface area (Å²) in [6.45, 7) is 16.7. The maximum Gasteiger partial charge on any atom is 0.308 e. The van der Waals surface area contributed by atoms with Crippen LogP contribution in [-0.2, 0) is 30.3 Å². The van der Waals surface area contributed by atoms with Crippen molar-refractivity contribution in [2.75, 3.05) is 46.8 Å². The number of nitrogens with zero attached hydrogens (tertiary/aromatic N) is 3. The summed E-state index contributed by atoms with van der Waals surface area (Å²) in [5, 5.41) is 34.4. The van der Waals surface area contributed by atoms with Gasteiger partial charge in [0, 0.05) is 30.8 Å². The number of carbonyl (C=O) groups is 2. The van der Waals surface area contributed by atoms with Crippen molar-refractivity contribution >= 4 is 11.8 Å². The average Bonchev–Trinajstić information content (AvgIpc) is 3.18. The Morgan fingerprint density at radius 3 is 2.29 bits per heavy atom. The molecule has 0 bridgehead atoms. The van der Waals surface area contributed by atoms with Crippen LogP contribution in [-0.4, -0.2) is 138 Å². The molecule has 0 spiro atoms. The monoisotopic (exact) mass is 784 g/mol. The summed E-state index contributed by atoms with van der Waals surface area (Å²) in [7, 11) is 3.60. The first-order valence-electron chi connectivity index (χ1n) is 21.3. The third kappa shape index (κ3) is 13.3. The van der Waals surface area contributed by atoms with E-state index in [1.165, 1.54) is 12.0 Å². The smallest absolute Gasteiger partial charge is 0.308 e. The summed E-state index contributed by atoms with van der Waals surface area (Å²) in [5.74, 6) is -1.79. The zero-order chi connectivity index (χ0) is 40.9. The second kappa shape index (κ2) is 22.6. The predicted molar refractivity (Wildman–Crippen MR) is 220 cm³/mol. The molecule has 3 heterocycles. The molecule has 11 heteroatoms. The normalized spacial score (nSPS) is 36.3. The van der Waals surface area contributed by atoms with Gasteiger partial charge in [-0.2, -0.15) is 0 Å². The Bertz CT molecular complexity index is 1400. The van der Waals surface area contributed by atoms with Gasteiger partial charge in [-0.05, 0) is 104 Å². The van der Waals surface area contributed by atoms with Gasteiger partial charge in [0.1, 0.15) is 12.2 Å². The molecule has 4 rings (SSSR count). The van der Waals surface area contributed by atoms with Crippen LogP contribution >= 0.6 is 0 Å². The number of hydrogen-bond donors (Lipinski definition) is 3. The number of aliphatic hydroxyl groups is 3. The fourth-order valence-electron chi connectivity index (χ4n) is 8.83. The molecule has 1 aromatic rings. The zero-order valence-electron chi connectivity index (χ0n) is 35.5. The van der Waals surface area contributed by atoms with Crippen LogP contribution < -0.4 is 0 Å². The molecule has 0 radical (unpaired) electrons. The summed E-state index contributed by atoms with van der Waals surface area (Å²) in [6, 6.07) is 9.65. The Hall–Kier alpha value is -2.48. The molecular formula is C45H73N3O8. The van der Waals surface area contributed by atoms with Crippen molar-refractivity contribution in [3.63, 3.8) is 0 Å². The van der Waals surface area contributed by atoms with Crippen LogP contribution in [0.25, 0.3) is 0 Å². The van der Waals surface area contributed by atoms with Crippen molar-refractivity contribution in [2.45, 2.75) is 142 Å². The second-order valence-corrected chi connectivity index (χ2v) is 17.0. The topological polar surface area (TPSA) is 132 Å². The van der Waals surface area contributed by atoms with E-state index in [9.17, 15) is 24.9 Å². The van der Waals surface area contributed by atoms with E-state index in [0.29, 0.717) is 25.8 Å². The molecule has 12 atom stereocenters. The van der Waals surface area contributed by atoms with Gasteiger partial charge in [0.2, 0.25) is 0 Å². The van der Waals surface area contributed by atoms with Gasteiger partial charge in [0.15, 0.2) is 12.1 Å². The molecular weight excluding hydrogens is 711 g/mol. The molecule has 0 amide bonds. The van der Waals surface area contributed by atoms with Gasteiger partial charge in [-0.1, -0.05) is 82.2 Å². The number of benzene rings is 1. The number of esters is 1. The molecule has 56 heavy (non-hydrogen) atoms. The minimum atomic E-state index is -1.18. The van der Waals surface area contributed by atoms with Crippen molar-refractivity contribution < 1.29 is 39.1 Å². The highest BCUT2D eigenvalue weighted by Gasteiger charge is 2.47. The Morgan fingerprint density at radius 1 is 0.946 bits per heavy atom. The van der Waals surface area contributed by atoms with Crippen LogP contribution in [0.3, 0.4) is 0 Å². The molecule has 2 saturated heterocycles. The van der Waals surface area contributed by atoms with Gasteiger partial charge in [-0.3, -0.25) is 14.5 Å². The summed E-state index contributed by atoms with van der Waals surface area (Å²) in [5.41, 5.74) is 2.12. The number of aliphatic hydroxyl groups excluding tert-OH is 3. The van der Waals surface area contributed by atoms with E-state index in [1.807, 2.05) is 52.0 Å². The molecule has 0 aliphatic carbocycles. The third-order valence-corrected chi connectivity index (χ3v) is 12.4. The minimum absolute atomic E-state index is 0.00687. The Morgan fingerprint density at radius 2 is 1.64 bits per heavy atom. The van der Waals surface area contributed by atoms with Crippen LogP contribution in [0, 0.1) is 23.7 Å². The fourth-order valence-corrected chi connectivity index (χ4v) is 8.83. The SMILES string of the molecule is CCC1OC(=O)CC(O)C(C)C(O[C@@H]2O[C@H](C)[C@@H](O)[C@H](N(C)C)[C@H]2O)C(CCN2CCCCC2)CC(C)C(=O)/C=C\C(C)=C\C1CN(CC)Cc1ccccc1. The summed E-state index contributed by atoms with van der Waals surface area (Å²) >= 11 is 0. The maximum atomic E-state index is 13.9. The third-order valence-electron chi connectivity index (χ3n) is 12.4. The Kier molecular flexibility index (Phi) is 18.7. The highest BCUT2D eigenvalue weighted by molar-refractivity contribution is 5.91. The number of ketones is 1. The highest BCUT2D eigenvalue weighted by Crippen LogP contribution is 2.35. The first-order valence-corrected chi connectivity index (χ1v) is 21.3. The number of allylic oxidation sites excluding steroid dienone is 3. The Balaban J connectivity index is 1.68. The summed E-state index contributed by atoms with van der Waals surface area (Å²) in [6.07, 6.45) is 4.58. The molecule has 7 unspecified atom stereocenters. The van der Waals surface area contributed by atoms with Gasteiger partial charge in [-0.25, -0.2) is 0 Å². The molecule has 3 aliphatic heterocycles.